The maximum absolute atomic E-state index is 15.5. The van der Waals surface area contributed by atoms with Crippen molar-refractivity contribution >= 4 is 53.3 Å². The summed E-state index contributed by atoms with van der Waals surface area (Å²) >= 11 is 0. The third-order valence-electron chi connectivity index (χ3n) is 25.0. The van der Waals surface area contributed by atoms with Crippen molar-refractivity contribution in [3.05, 3.63) is 142 Å². The quantitative estimate of drug-likeness (QED) is 0.0180. The van der Waals surface area contributed by atoms with Gasteiger partial charge in [0.2, 0.25) is 0 Å². The van der Waals surface area contributed by atoms with Crippen molar-refractivity contribution < 1.29 is 107 Å². The topological polar surface area (TPSA) is 352 Å². The lowest BCUT2D eigenvalue weighted by Crippen LogP contribution is -2.82. The minimum Gasteiger partial charge on any atom is -0.458 e. The highest BCUT2D eigenvalue weighted by molar-refractivity contribution is 6.05. The van der Waals surface area contributed by atoms with Crippen molar-refractivity contribution in [1.29, 1.82) is 0 Å². The Hall–Kier alpha value is -7.77. The van der Waals surface area contributed by atoms with Crippen LogP contribution in [0, 0.1) is 45.8 Å². The maximum Gasteiger partial charge on any atom is 0.338 e. The molecule has 19 atom stereocenters. The minimum absolute atomic E-state index is 0.00289. The van der Waals surface area contributed by atoms with E-state index in [0.717, 1.165) is 33.1 Å². The second kappa shape index (κ2) is 31.4. The molecule has 1 heterocycles. The Bertz CT molecular complexity index is 3900. The molecule has 576 valence electrons. The highest BCUT2D eigenvalue weighted by Crippen LogP contribution is 2.77. The molecule has 0 radical (unpaired) electrons. The molecular weight excluding hydrogens is 1360 g/mol. The summed E-state index contributed by atoms with van der Waals surface area (Å²) in [6.07, 6.45) is 4.85. The van der Waals surface area contributed by atoms with Crippen molar-refractivity contribution in [2.24, 2.45) is 45.8 Å². The van der Waals surface area contributed by atoms with Gasteiger partial charge in [0, 0.05) is 86.5 Å². The first-order chi connectivity index (χ1) is 50.0. The summed E-state index contributed by atoms with van der Waals surface area (Å²) in [5, 5.41) is 75.0. The summed E-state index contributed by atoms with van der Waals surface area (Å²) in [5.41, 5.74) is -11.7. The third kappa shape index (κ3) is 14.3. The molecule has 1 saturated heterocycles. The summed E-state index contributed by atoms with van der Waals surface area (Å²) in [6, 6.07) is 22.9. The predicted molar refractivity (Wildman–Crippen MR) is 385 cm³/mol. The number of aliphatic hydroxyl groups is 6. The molecule has 5 fully saturated rings. The molecule has 11 rings (SSSR count). The highest BCUT2D eigenvalue weighted by Gasteiger charge is 2.88. The van der Waals surface area contributed by atoms with E-state index in [1.165, 1.54) is 77.8 Å². The number of fused-ring (bicyclic) bond motifs is 10. The molecule has 0 aromatic heterocycles. The number of esters is 6. The van der Waals surface area contributed by atoms with Crippen molar-refractivity contribution in [2.75, 3.05) is 13.2 Å². The lowest BCUT2D eigenvalue weighted by molar-refractivity contribution is -0.346. The van der Waals surface area contributed by atoms with E-state index < -0.39 is 182 Å². The van der Waals surface area contributed by atoms with Gasteiger partial charge in [-0.3, -0.25) is 33.6 Å². The zero-order valence-electron chi connectivity index (χ0n) is 63.1. The molecule has 106 heavy (non-hydrogen) atoms. The number of nitrogens with one attached hydrogen (secondary N) is 1. The summed E-state index contributed by atoms with van der Waals surface area (Å²) in [4.78, 5) is 123. The number of unbranched alkanes of at least 4 members (excludes halogenated alkanes) is 10. The molecule has 1 amide bonds. The molecule has 4 saturated carbocycles. The Balaban J connectivity index is 0.000000241. The smallest absolute Gasteiger partial charge is 0.338 e. The predicted octanol–water partition coefficient (Wildman–Crippen LogP) is 9.49. The van der Waals surface area contributed by atoms with Gasteiger partial charge in [-0.1, -0.05) is 185 Å². The number of ether oxygens (including phenoxy) is 7. The first kappa shape index (κ1) is 80.8. The zero-order chi connectivity index (χ0) is 77.4. The summed E-state index contributed by atoms with van der Waals surface area (Å²) in [5.74, 6) is -11.1. The number of hydrogen-bond donors (Lipinski definition) is 7. The van der Waals surface area contributed by atoms with Crippen LogP contribution in [0.4, 0.5) is 0 Å². The Morgan fingerprint density at radius 2 is 1.25 bits per heavy atom. The van der Waals surface area contributed by atoms with Crippen LogP contribution in [-0.2, 0) is 66.7 Å². The molecule has 8 aliphatic rings. The fraction of sp³-hybridized carbons (Fsp3) is 0.602. The second-order valence-corrected chi connectivity index (χ2v) is 32.1. The van der Waals surface area contributed by atoms with Crippen LogP contribution in [-0.4, -0.2) is 168 Å². The minimum atomic E-state index is -2.39. The number of rotatable bonds is 25. The molecule has 3 aromatic carbocycles. The van der Waals surface area contributed by atoms with E-state index in [1.54, 1.807) is 119 Å². The number of amides is 1. The van der Waals surface area contributed by atoms with Gasteiger partial charge in [-0.15, -0.1) is 0 Å². The summed E-state index contributed by atoms with van der Waals surface area (Å²) in [7, 11) is 0. The lowest BCUT2D eigenvalue weighted by atomic mass is 9.44. The molecule has 2 bridgehead atoms. The lowest BCUT2D eigenvalue weighted by Gasteiger charge is -2.67. The van der Waals surface area contributed by atoms with Crippen molar-refractivity contribution in [3.63, 3.8) is 0 Å². The highest BCUT2D eigenvalue weighted by atomic mass is 16.6. The molecule has 23 nitrogen and oxygen atoms in total. The number of Topliss-reactive ketones (excluding diaryl/α,β-unsaturated/α-hetero) is 2. The van der Waals surface area contributed by atoms with Crippen LogP contribution in [0.1, 0.15) is 212 Å². The van der Waals surface area contributed by atoms with Gasteiger partial charge < -0.3 is 69.1 Å². The first-order valence-electron chi connectivity index (χ1n) is 37.6. The number of carbonyl (C=O) groups excluding carboxylic acids is 9. The van der Waals surface area contributed by atoms with Crippen molar-refractivity contribution in [1.82, 2.24) is 5.32 Å². The van der Waals surface area contributed by atoms with Crippen LogP contribution in [0.25, 0.3) is 0 Å². The molecule has 7 N–H and O–H groups in total. The van der Waals surface area contributed by atoms with Crippen LogP contribution in [0.2, 0.25) is 0 Å². The van der Waals surface area contributed by atoms with Crippen molar-refractivity contribution in [2.45, 2.75) is 256 Å². The molecule has 0 spiro atoms. The van der Waals surface area contributed by atoms with E-state index >= 15 is 4.79 Å². The van der Waals surface area contributed by atoms with Gasteiger partial charge in [-0.25, -0.2) is 9.59 Å². The van der Waals surface area contributed by atoms with E-state index in [-0.39, 0.29) is 54.7 Å². The van der Waals surface area contributed by atoms with Gasteiger partial charge in [0.15, 0.2) is 35.0 Å². The van der Waals surface area contributed by atoms with Gasteiger partial charge >= 0.3 is 35.8 Å². The normalized spacial score (nSPS) is 33.9. The van der Waals surface area contributed by atoms with Gasteiger partial charge in [0.1, 0.15) is 35.6 Å². The number of hydrogen-bond acceptors (Lipinski definition) is 22. The summed E-state index contributed by atoms with van der Waals surface area (Å²) < 4.78 is 42.6. The molecule has 1 aliphatic heterocycles. The molecular formula is C83H107NO22. The van der Waals surface area contributed by atoms with Crippen LogP contribution in [0.5, 0.6) is 0 Å². The maximum atomic E-state index is 15.5. The third-order valence-corrected chi connectivity index (χ3v) is 25.0. The largest absolute Gasteiger partial charge is 0.458 e. The number of ketones is 2. The molecule has 7 aliphatic carbocycles. The molecule has 0 unspecified atom stereocenters. The van der Waals surface area contributed by atoms with Gasteiger partial charge in [-0.2, -0.15) is 0 Å². The Labute approximate surface area is 620 Å². The van der Waals surface area contributed by atoms with Gasteiger partial charge in [0.05, 0.1) is 47.9 Å². The van der Waals surface area contributed by atoms with E-state index in [9.17, 15) is 69.0 Å². The SMILES string of the molecule is CC(=O)O[C@H]1C(=O)[C@@]2(C)[C@H]([C@H](OC(=O)c3ccccc3)[C@]3(O)C[C@H](OC(=O)[C@H](O)[C@@H](NC(=O)c4ccccc4)c4ccccc4)C(C)=C1C3(C)C)[C@]1(OC(C)=O)CO[C@@H]1C[C@@H]2O.CCCCCCCCCCCCCC(=O)O[C@@H]1[C@@H](C)[C@@]2(O)[C@@H](C=C(CO)C[C@]3(O)C(=O)C(C)=C[C@@H]23)[C@@H]2C(C)(C)[C@]12OC(C)=O. The summed E-state index contributed by atoms with van der Waals surface area (Å²) in [6.45, 7) is 18.4. The second-order valence-electron chi connectivity index (χ2n) is 32.1. The molecule has 23 heteroatoms. The average Bonchev–Trinajstić information content (AvgIpc) is 1.46. The van der Waals surface area contributed by atoms with Crippen LogP contribution in [0.3, 0.4) is 0 Å². The zero-order valence-corrected chi connectivity index (χ0v) is 63.1. The van der Waals surface area contributed by atoms with E-state index in [1.807, 2.05) is 13.8 Å². The van der Waals surface area contributed by atoms with Gasteiger partial charge in [0.25, 0.3) is 5.91 Å². The van der Waals surface area contributed by atoms with Crippen LogP contribution < -0.4 is 5.32 Å². The van der Waals surface area contributed by atoms with Crippen molar-refractivity contribution in [3.8, 4) is 0 Å². The number of carbonyl (C=O) groups is 9. The Morgan fingerprint density at radius 3 is 1.79 bits per heavy atom. The Kier molecular flexibility index (Phi) is 24.0. The van der Waals surface area contributed by atoms with Gasteiger partial charge in [-0.05, 0) is 79.3 Å². The van der Waals surface area contributed by atoms with E-state index in [4.69, 9.17) is 33.2 Å². The fourth-order valence-corrected chi connectivity index (χ4v) is 19.4. The monoisotopic (exact) mass is 1470 g/mol. The Morgan fingerprint density at radius 1 is 0.679 bits per heavy atom. The van der Waals surface area contributed by atoms with Crippen LogP contribution in [0.15, 0.2) is 125 Å². The fourth-order valence-electron chi connectivity index (χ4n) is 19.4. The first-order valence-corrected chi connectivity index (χ1v) is 37.6. The standard InChI is InChI=1S/C47H51NO14.C36H56O8/c1-25-31(60-43(56)36(52)35(28-16-10-7-11-17-28)48-41(54)29-18-12-8-13-19-29)23-47(57)40(61-42(55)30-20-14-9-15-21-30)38-45(6,32(51)22-33-46(38,24-58-33)62-27(3)50)39(53)37(59-26(2)49)34(25)44(47,4)5;1-7-8-9-10-11-12-13-14-15-16-17-18-29(39)43-32-24(3)35(42)27(30-33(5,6)36(30,32)44-25(4)38)20-26(22-37)21-34(41)28(35)19-23(2)31(34)40/h7-21,31-33,35-38,40,51-52,57H,22-24H2,1-6H3,(H,48,54);19-20,24,27-28,30,32,37,41-42H,7-18,21-22H2,1-6H3/t31-,32-,33+,35-,36+,37+,38-,40-,45+,46-,47+;24-,27+,28-,30-,32-,34-,35-,36-/m01/s1. The molecule has 3 aromatic rings. The number of aliphatic hydroxyl groups excluding tert-OH is 3. The van der Waals surface area contributed by atoms with E-state index in [0.29, 0.717) is 23.1 Å². The van der Waals surface area contributed by atoms with Crippen LogP contribution >= 0.6 is 0 Å². The average molecular weight is 1470 g/mol. The van der Waals surface area contributed by atoms with E-state index in [2.05, 4.69) is 12.2 Å². The number of benzene rings is 3.